The lowest BCUT2D eigenvalue weighted by atomic mass is 9.90. The molecule has 2 aromatic carbocycles. The Hall–Kier alpha value is -3.35. The average molecular weight is 465 g/mol. The molecule has 170 valence electrons. The van der Waals surface area contributed by atoms with Gasteiger partial charge in [0.15, 0.2) is 5.75 Å². The molecule has 1 heterocycles. The molecule has 0 spiro atoms. The van der Waals surface area contributed by atoms with Gasteiger partial charge in [0.05, 0.1) is 22.9 Å². The lowest BCUT2D eigenvalue weighted by Gasteiger charge is -2.24. The number of rotatable bonds is 8. The van der Waals surface area contributed by atoms with E-state index in [1.807, 2.05) is 18.2 Å². The number of nitrogens with zero attached hydrogens (tertiary/aromatic N) is 1. The summed E-state index contributed by atoms with van der Waals surface area (Å²) in [6.07, 6.45) is 4.83. The SMILES string of the molecule is C=C(C(=O)O)c1cccnc1Oc1ccc2c(c1NC[C@H](O)c1cccc(Cl)c1)CCCC2. The van der Waals surface area contributed by atoms with E-state index in [2.05, 4.69) is 16.9 Å². The molecule has 1 aromatic heterocycles. The highest BCUT2D eigenvalue weighted by atomic mass is 35.5. The molecule has 0 saturated carbocycles. The van der Waals surface area contributed by atoms with Crippen molar-refractivity contribution in [2.45, 2.75) is 31.8 Å². The first-order chi connectivity index (χ1) is 15.9. The Kier molecular flexibility index (Phi) is 6.96. The van der Waals surface area contributed by atoms with Gasteiger partial charge >= 0.3 is 5.97 Å². The largest absolute Gasteiger partial charge is 0.478 e. The summed E-state index contributed by atoms with van der Waals surface area (Å²) in [6, 6.07) is 14.3. The molecule has 7 heteroatoms. The van der Waals surface area contributed by atoms with Gasteiger partial charge in [-0.15, -0.1) is 0 Å². The highest BCUT2D eigenvalue weighted by molar-refractivity contribution is 6.30. The minimum atomic E-state index is -1.14. The molecule has 0 radical (unpaired) electrons. The predicted molar refractivity (Wildman–Crippen MR) is 129 cm³/mol. The van der Waals surface area contributed by atoms with Gasteiger partial charge in [-0.05, 0) is 72.7 Å². The number of ether oxygens (including phenoxy) is 1. The average Bonchev–Trinajstić information content (AvgIpc) is 2.83. The Morgan fingerprint density at radius 1 is 1.18 bits per heavy atom. The standard InChI is InChI=1S/C26H25ClN2O4/c1-16(26(31)32)20-10-5-13-28-25(20)33-23-12-11-17-6-2-3-9-21(17)24(23)29-15-22(30)18-7-4-8-19(27)14-18/h4-5,7-8,10-14,22,29-30H,1-3,6,9,15H2,(H,31,32)/t22-/m0/s1. The van der Waals surface area contributed by atoms with E-state index in [1.165, 1.54) is 5.56 Å². The molecular weight excluding hydrogens is 440 g/mol. The molecule has 1 aliphatic carbocycles. The Morgan fingerprint density at radius 2 is 2.00 bits per heavy atom. The number of anilines is 1. The quantitative estimate of drug-likeness (QED) is 0.373. The summed E-state index contributed by atoms with van der Waals surface area (Å²) in [6.45, 7) is 3.89. The van der Waals surface area contributed by atoms with Crippen LogP contribution < -0.4 is 10.1 Å². The number of carbonyl (C=O) groups is 1. The first kappa shape index (κ1) is 22.8. The van der Waals surface area contributed by atoms with Crippen LogP contribution in [0.2, 0.25) is 5.02 Å². The van der Waals surface area contributed by atoms with Crippen LogP contribution in [0.5, 0.6) is 11.6 Å². The third-order valence-corrected chi connectivity index (χ3v) is 6.00. The van der Waals surface area contributed by atoms with Gasteiger partial charge in [-0.1, -0.05) is 36.4 Å². The Morgan fingerprint density at radius 3 is 2.79 bits per heavy atom. The number of aliphatic hydroxyl groups is 1. The molecular formula is C26H25ClN2O4. The number of aliphatic hydroxyl groups excluding tert-OH is 1. The second-order valence-electron chi connectivity index (χ2n) is 7.98. The van der Waals surface area contributed by atoms with Crippen molar-refractivity contribution >= 4 is 28.8 Å². The van der Waals surface area contributed by atoms with Gasteiger partial charge < -0.3 is 20.3 Å². The van der Waals surface area contributed by atoms with Crippen LogP contribution in [0.4, 0.5) is 5.69 Å². The summed E-state index contributed by atoms with van der Waals surface area (Å²) in [5.41, 5.74) is 4.10. The van der Waals surface area contributed by atoms with Gasteiger partial charge in [0, 0.05) is 17.8 Å². The minimum absolute atomic E-state index is 0.0954. The van der Waals surface area contributed by atoms with Crippen LogP contribution in [0.1, 0.15) is 41.2 Å². The van der Waals surface area contributed by atoms with Crippen molar-refractivity contribution in [2.24, 2.45) is 0 Å². The van der Waals surface area contributed by atoms with E-state index in [-0.39, 0.29) is 18.0 Å². The molecule has 0 aliphatic heterocycles. The Bertz CT molecular complexity index is 1190. The van der Waals surface area contributed by atoms with E-state index >= 15 is 0 Å². The molecule has 0 bridgehead atoms. The van der Waals surface area contributed by atoms with Crippen molar-refractivity contribution in [2.75, 3.05) is 11.9 Å². The third-order valence-electron chi connectivity index (χ3n) is 5.76. The fourth-order valence-electron chi connectivity index (χ4n) is 4.04. The van der Waals surface area contributed by atoms with Gasteiger partial charge in [0.2, 0.25) is 5.88 Å². The number of aliphatic carboxylic acids is 1. The highest BCUT2D eigenvalue weighted by Crippen LogP contribution is 2.39. The summed E-state index contributed by atoms with van der Waals surface area (Å²) >= 11 is 6.07. The van der Waals surface area contributed by atoms with Crippen molar-refractivity contribution in [3.8, 4) is 11.6 Å². The zero-order chi connectivity index (χ0) is 23.4. The van der Waals surface area contributed by atoms with Crippen molar-refractivity contribution in [1.82, 2.24) is 4.98 Å². The number of carboxylic acids is 1. The van der Waals surface area contributed by atoms with Crippen LogP contribution in [0.25, 0.3) is 5.57 Å². The fraction of sp³-hybridized carbons (Fsp3) is 0.231. The maximum Gasteiger partial charge on any atom is 0.335 e. The first-order valence-corrected chi connectivity index (χ1v) is 11.2. The molecule has 3 N–H and O–H groups in total. The zero-order valence-corrected chi connectivity index (χ0v) is 18.8. The predicted octanol–water partition coefficient (Wildman–Crippen LogP) is 5.65. The van der Waals surface area contributed by atoms with E-state index in [9.17, 15) is 15.0 Å². The molecule has 3 aromatic rings. The lowest BCUT2D eigenvalue weighted by molar-refractivity contribution is -0.130. The monoisotopic (exact) mass is 464 g/mol. The number of benzene rings is 2. The van der Waals surface area contributed by atoms with Gasteiger partial charge in [-0.2, -0.15) is 0 Å². The van der Waals surface area contributed by atoms with Crippen LogP contribution in [0.3, 0.4) is 0 Å². The van der Waals surface area contributed by atoms with Crippen LogP contribution >= 0.6 is 11.6 Å². The Balaban J connectivity index is 1.66. The van der Waals surface area contributed by atoms with E-state index in [4.69, 9.17) is 16.3 Å². The second-order valence-corrected chi connectivity index (χ2v) is 8.41. The van der Waals surface area contributed by atoms with Crippen LogP contribution in [-0.2, 0) is 17.6 Å². The first-order valence-electron chi connectivity index (χ1n) is 10.8. The van der Waals surface area contributed by atoms with Gasteiger partial charge in [-0.3, -0.25) is 0 Å². The number of pyridine rings is 1. The zero-order valence-electron chi connectivity index (χ0n) is 18.1. The molecule has 1 aliphatic rings. The summed E-state index contributed by atoms with van der Waals surface area (Å²) in [5.74, 6) is -0.451. The number of nitrogens with one attached hydrogen (secondary N) is 1. The maximum atomic E-state index is 11.5. The number of aryl methyl sites for hydroxylation is 1. The van der Waals surface area contributed by atoms with Crippen LogP contribution in [0.15, 0.2) is 61.3 Å². The van der Waals surface area contributed by atoms with Crippen molar-refractivity contribution in [3.63, 3.8) is 0 Å². The summed E-state index contributed by atoms with van der Waals surface area (Å²) in [7, 11) is 0. The van der Waals surface area contributed by atoms with Crippen LogP contribution in [0, 0.1) is 0 Å². The smallest absolute Gasteiger partial charge is 0.335 e. The number of hydrogen-bond acceptors (Lipinski definition) is 5. The molecule has 0 amide bonds. The topological polar surface area (TPSA) is 91.7 Å². The van der Waals surface area contributed by atoms with Gasteiger partial charge in [-0.25, -0.2) is 9.78 Å². The molecule has 33 heavy (non-hydrogen) atoms. The molecule has 4 rings (SSSR count). The van der Waals surface area contributed by atoms with E-state index < -0.39 is 12.1 Å². The van der Waals surface area contributed by atoms with Crippen molar-refractivity contribution in [1.29, 1.82) is 0 Å². The van der Waals surface area contributed by atoms with Crippen molar-refractivity contribution in [3.05, 3.63) is 88.6 Å². The number of fused-ring (bicyclic) bond motifs is 1. The molecule has 0 saturated heterocycles. The van der Waals surface area contributed by atoms with E-state index in [0.29, 0.717) is 21.9 Å². The highest BCUT2D eigenvalue weighted by Gasteiger charge is 2.21. The summed E-state index contributed by atoms with van der Waals surface area (Å²) < 4.78 is 6.13. The maximum absolute atomic E-state index is 11.5. The molecule has 1 atom stereocenters. The molecule has 0 unspecified atom stereocenters. The second kappa shape index (κ2) is 10.1. The number of halogens is 1. The van der Waals surface area contributed by atoms with Crippen LogP contribution in [-0.4, -0.2) is 27.7 Å². The van der Waals surface area contributed by atoms with Gasteiger partial charge in [0.1, 0.15) is 0 Å². The fourth-order valence-corrected chi connectivity index (χ4v) is 4.24. The summed E-state index contributed by atoms with van der Waals surface area (Å²) in [5, 5.41) is 24.0. The van der Waals surface area contributed by atoms with E-state index in [0.717, 1.165) is 36.9 Å². The molecule has 0 fully saturated rings. The summed E-state index contributed by atoms with van der Waals surface area (Å²) in [4.78, 5) is 15.7. The number of carboxylic acid groups (broad SMARTS) is 1. The molecule has 6 nitrogen and oxygen atoms in total. The number of aromatic nitrogens is 1. The van der Waals surface area contributed by atoms with Crippen molar-refractivity contribution < 1.29 is 19.7 Å². The van der Waals surface area contributed by atoms with E-state index in [1.54, 1.807) is 36.5 Å². The minimum Gasteiger partial charge on any atom is -0.478 e. The van der Waals surface area contributed by atoms with Gasteiger partial charge in [0.25, 0.3) is 0 Å². The number of hydrogen-bond donors (Lipinski definition) is 3. The normalized spacial score (nSPS) is 13.6. The third kappa shape index (κ3) is 5.18. The lowest BCUT2D eigenvalue weighted by Crippen LogP contribution is -2.16. The Labute approximate surface area is 197 Å².